The molecule has 0 bridgehead atoms. The monoisotopic (exact) mass is 277 g/mol. The first-order valence-electron chi connectivity index (χ1n) is 7.05. The van der Waals surface area contributed by atoms with E-state index in [-0.39, 0.29) is 0 Å². The minimum absolute atomic E-state index is 0.696. The Morgan fingerprint density at radius 3 is 2.80 bits per heavy atom. The number of hydrogen-bond donors (Lipinski definition) is 1. The number of ether oxygens (including phenoxy) is 1. The Labute approximate surface area is 120 Å². The SMILES string of the molecule is CNc1cc(C)ccc1N(C=O)CCN1CCOCC1. The molecule has 0 radical (unpaired) electrons. The van der Waals surface area contributed by atoms with Crippen LogP contribution in [-0.4, -0.2) is 57.8 Å². The fourth-order valence-corrected chi connectivity index (χ4v) is 2.40. The van der Waals surface area contributed by atoms with Crippen molar-refractivity contribution in [2.45, 2.75) is 6.92 Å². The van der Waals surface area contributed by atoms with E-state index in [1.165, 1.54) is 5.56 Å². The predicted molar refractivity (Wildman–Crippen MR) is 81.4 cm³/mol. The molecule has 0 atom stereocenters. The lowest BCUT2D eigenvalue weighted by Gasteiger charge is -2.29. The third-order valence-electron chi connectivity index (χ3n) is 3.62. The van der Waals surface area contributed by atoms with Crippen LogP contribution in [0.3, 0.4) is 0 Å². The van der Waals surface area contributed by atoms with Gasteiger partial charge in [0.1, 0.15) is 0 Å². The van der Waals surface area contributed by atoms with Crippen LogP contribution in [0.1, 0.15) is 5.56 Å². The summed E-state index contributed by atoms with van der Waals surface area (Å²) in [6, 6.07) is 6.08. The second kappa shape index (κ2) is 7.26. The van der Waals surface area contributed by atoms with Crippen molar-refractivity contribution in [2.24, 2.45) is 0 Å². The summed E-state index contributed by atoms with van der Waals surface area (Å²) < 4.78 is 5.33. The number of nitrogens with one attached hydrogen (secondary N) is 1. The van der Waals surface area contributed by atoms with Crippen LogP contribution in [0.5, 0.6) is 0 Å². The molecule has 5 heteroatoms. The summed E-state index contributed by atoms with van der Waals surface area (Å²) in [7, 11) is 1.88. The summed E-state index contributed by atoms with van der Waals surface area (Å²) >= 11 is 0. The van der Waals surface area contributed by atoms with Gasteiger partial charge in [-0.1, -0.05) is 6.07 Å². The topological polar surface area (TPSA) is 44.8 Å². The van der Waals surface area contributed by atoms with Gasteiger partial charge in [0.05, 0.1) is 24.6 Å². The van der Waals surface area contributed by atoms with Gasteiger partial charge in [0.15, 0.2) is 0 Å². The van der Waals surface area contributed by atoms with Gasteiger partial charge in [-0.15, -0.1) is 0 Å². The lowest BCUT2D eigenvalue weighted by molar-refractivity contribution is -0.107. The molecule has 0 aromatic heterocycles. The van der Waals surface area contributed by atoms with Crippen LogP contribution < -0.4 is 10.2 Å². The van der Waals surface area contributed by atoms with Gasteiger partial charge in [-0.25, -0.2) is 0 Å². The summed E-state index contributed by atoms with van der Waals surface area (Å²) in [5.41, 5.74) is 3.09. The summed E-state index contributed by atoms with van der Waals surface area (Å²) in [6.45, 7) is 7.07. The van der Waals surface area contributed by atoms with Gasteiger partial charge < -0.3 is 15.0 Å². The average Bonchev–Trinajstić information content (AvgIpc) is 2.50. The Hall–Kier alpha value is -1.59. The first-order valence-corrected chi connectivity index (χ1v) is 7.05. The Balaban J connectivity index is 2.02. The minimum Gasteiger partial charge on any atom is -0.386 e. The predicted octanol–water partition coefficient (Wildman–Crippen LogP) is 1.33. The molecule has 5 nitrogen and oxygen atoms in total. The van der Waals surface area contributed by atoms with E-state index in [4.69, 9.17) is 4.74 Å². The normalized spacial score (nSPS) is 15.9. The van der Waals surface area contributed by atoms with Crippen LogP contribution in [0.25, 0.3) is 0 Å². The van der Waals surface area contributed by atoms with Crippen molar-refractivity contribution < 1.29 is 9.53 Å². The molecule has 1 N–H and O–H groups in total. The molecule has 1 aromatic carbocycles. The van der Waals surface area contributed by atoms with Gasteiger partial charge in [0.25, 0.3) is 0 Å². The smallest absolute Gasteiger partial charge is 0.214 e. The Bertz CT molecular complexity index is 445. The summed E-state index contributed by atoms with van der Waals surface area (Å²) in [6.07, 6.45) is 0.909. The van der Waals surface area contributed by atoms with Crippen molar-refractivity contribution in [3.63, 3.8) is 0 Å². The zero-order valence-corrected chi connectivity index (χ0v) is 12.3. The maximum Gasteiger partial charge on any atom is 0.214 e. The third-order valence-corrected chi connectivity index (χ3v) is 3.62. The Morgan fingerprint density at radius 1 is 1.40 bits per heavy atom. The standard InChI is InChI=1S/C15H23N3O2/c1-13-3-4-15(14(11-13)16-2)18(12-19)6-5-17-7-9-20-10-8-17/h3-4,11-12,16H,5-10H2,1-2H3. The molecular weight excluding hydrogens is 254 g/mol. The molecule has 0 aliphatic carbocycles. The van der Waals surface area contributed by atoms with Crippen LogP contribution in [0.2, 0.25) is 0 Å². The number of amides is 1. The zero-order chi connectivity index (χ0) is 14.4. The molecule has 20 heavy (non-hydrogen) atoms. The molecule has 2 rings (SSSR count). The van der Waals surface area contributed by atoms with E-state index in [0.717, 1.165) is 50.6 Å². The highest BCUT2D eigenvalue weighted by molar-refractivity contribution is 5.83. The Kier molecular flexibility index (Phi) is 5.38. The van der Waals surface area contributed by atoms with Gasteiger partial charge in [-0.2, -0.15) is 0 Å². The molecule has 0 saturated carbocycles. The molecule has 0 spiro atoms. The van der Waals surface area contributed by atoms with Crippen LogP contribution >= 0.6 is 0 Å². The largest absolute Gasteiger partial charge is 0.386 e. The average molecular weight is 277 g/mol. The highest BCUT2D eigenvalue weighted by Gasteiger charge is 2.14. The third kappa shape index (κ3) is 3.71. The van der Waals surface area contributed by atoms with E-state index < -0.39 is 0 Å². The maximum absolute atomic E-state index is 11.4. The lowest BCUT2D eigenvalue weighted by Crippen LogP contribution is -2.41. The van der Waals surface area contributed by atoms with E-state index in [0.29, 0.717) is 6.54 Å². The van der Waals surface area contributed by atoms with E-state index in [1.54, 1.807) is 4.90 Å². The van der Waals surface area contributed by atoms with Crippen molar-refractivity contribution in [3.8, 4) is 0 Å². The molecule has 110 valence electrons. The van der Waals surface area contributed by atoms with Gasteiger partial charge in [-0.3, -0.25) is 9.69 Å². The fourth-order valence-electron chi connectivity index (χ4n) is 2.40. The first kappa shape index (κ1) is 14.8. The van der Waals surface area contributed by atoms with Crippen molar-refractivity contribution in [2.75, 3.05) is 56.7 Å². The molecule has 1 saturated heterocycles. The van der Waals surface area contributed by atoms with E-state index in [1.807, 2.05) is 26.1 Å². The van der Waals surface area contributed by atoms with E-state index >= 15 is 0 Å². The highest BCUT2D eigenvalue weighted by Crippen LogP contribution is 2.25. The number of benzene rings is 1. The summed E-state index contributed by atoms with van der Waals surface area (Å²) in [5.74, 6) is 0. The second-order valence-electron chi connectivity index (χ2n) is 5.02. The number of carbonyl (C=O) groups excluding carboxylic acids is 1. The van der Waals surface area contributed by atoms with E-state index in [9.17, 15) is 4.79 Å². The fraction of sp³-hybridized carbons (Fsp3) is 0.533. The highest BCUT2D eigenvalue weighted by atomic mass is 16.5. The van der Waals surface area contributed by atoms with Crippen molar-refractivity contribution >= 4 is 17.8 Å². The van der Waals surface area contributed by atoms with Gasteiger partial charge >= 0.3 is 0 Å². The summed E-state index contributed by atoms with van der Waals surface area (Å²) in [5, 5.41) is 3.15. The molecule has 1 aliphatic rings. The van der Waals surface area contributed by atoms with E-state index in [2.05, 4.69) is 16.3 Å². The van der Waals surface area contributed by atoms with Crippen molar-refractivity contribution in [1.29, 1.82) is 0 Å². The number of hydrogen-bond acceptors (Lipinski definition) is 4. The van der Waals surface area contributed by atoms with Crippen LogP contribution in [0, 0.1) is 6.92 Å². The zero-order valence-electron chi connectivity index (χ0n) is 12.3. The number of rotatable bonds is 6. The van der Waals surface area contributed by atoms with Crippen LogP contribution in [0.4, 0.5) is 11.4 Å². The Morgan fingerprint density at radius 2 is 2.15 bits per heavy atom. The molecule has 1 heterocycles. The summed E-state index contributed by atoms with van der Waals surface area (Å²) in [4.78, 5) is 15.5. The second-order valence-corrected chi connectivity index (χ2v) is 5.02. The molecule has 1 aliphatic heterocycles. The molecule has 1 amide bonds. The van der Waals surface area contributed by atoms with Crippen molar-refractivity contribution in [3.05, 3.63) is 23.8 Å². The molecule has 1 fully saturated rings. The van der Waals surface area contributed by atoms with Crippen LogP contribution in [-0.2, 0) is 9.53 Å². The number of nitrogens with zero attached hydrogens (tertiary/aromatic N) is 2. The quantitative estimate of drug-likeness (QED) is 0.797. The first-order chi connectivity index (χ1) is 9.74. The van der Waals surface area contributed by atoms with Gasteiger partial charge in [-0.05, 0) is 24.6 Å². The molecule has 1 aromatic rings. The van der Waals surface area contributed by atoms with Crippen molar-refractivity contribution in [1.82, 2.24) is 4.90 Å². The minimum atomic E-state index is 0.696. The number of carbonyl (C=O) groups is 1. The number of anilines is 2. The number of morpholine rings is 1. The molecule has 0 unspecified atom stereocenters. The number of aryl methyl sites for hydroxylation is 1. The molecular formula is C15H23N3O2. The maximum atomic E-state index is 11.4. The van der Waals surface area contributed by atoms with Gasteiger partial charge in [0.2, 0.25) is 6.41 Å². The van der Waals surface area contributed by atoms with Crippen LogP contribution in [0.15, 0.2) is 18.2 Å². The van der Waals surface area contributed by atoms with Gasteiger partial charge in [0, 0.05) is 33.2 Å². The lowest BCUT2D eigenvalue weighted by atomic mass is 10.1.